The van der Waals surface area contributed by atoms with Gasteiger partial charge in [0.25, 0.3) is 5.91 Å². The first-order valence-corrected chi connectivity index (χ1v) is 12.1. The number of hydrogen-bond acceptors (Lipinski definition) is 3. The number of likely N-dealkylation sites (tertiary alicyclic amines) is 1. The number of ether oxygens (including phenoxy) is 1. The van der Waals surface area contributed by atoms with Gasteiger partial charge in [-0.2, -0.15) is 0 Å². The smallest absolute Gasteiger partial charge is 0.256 e. The van der Waals surface area contributed by atoms with Crippen LogP contribution in [0.4, 0.5) is 8.78 Å². The van der Waals surface area contributed by atoms with Crippen molar-refractivity contribution >= 4 is 11.8 Å². The van der Waals surface area contributed by atoms with E-state index in [9.17, 15) is 18.4 Å². The number of rotatable bonds is 8. The van der Waals surface area contributed by atoms with E-state index in [4.69, 9.17) is 4.74 Å². The summed E-state index contributed by atoms with van der Waals surface area (Å²) in [5.41, 5.74) is 0.196. The minimum atomic E-state index is -0.893. The fourth-order valence-corrected chi connectivity index (χ4v) is 4.68. The molecule has 0 spiro atoms. The van der Waals surface area contributed by atoms with Crippen molar-refractivity contribution in [2.45, 2.75) is 25.8 Å². The van der Waals surface area contributed by atoms with Crippen LogP contribution in [0.15, 0.2) is 78.9 Å². The first kappa shape index (κ1) is 25.4. The second kappa shape index (κ2) is 11.3. The highest BCUT2D eigenvalue weighted by Gasteiger charge is 2.41. The number of halogens is 2. The van der Waals surface area contributed by atoms with Crippen molar-refractivity contribution in [1.29, 1.82) is 0 Å². The van der Waals surface area contributed by atoms with Gasteiger partial charge in [0.15, 0.2) is 0 Å². The van der Waals surface area contributed by atoms with Crippen molar-refractivity contribution in [3.05, 3.63) is 102 Å². The zero-order chi connectivity index (χ0) is 25.5. The number of benzene rings is 3. The molecule has 2 amide bonds. The largest absolute Gasteiger partial charge is 0.493 e. The summed E-state index contributed by atoms with van der Waals surface area (Å²) in [6.07, 6.45) is 1.50. The molecule has 3 aromatic carbocycles. The molecule has 0 radical (unpaired) electrons. The molecule has 188 valence electrons. The first-order chi connectivity index (χ1) is 17.3. The molecule has 5 nitrogen and oxygen atoms in total. The lowest BCUT2D eigenvalue weighted by Gasteiger charge is -2.43. The molecule has 0 N–H and O–H groups in total. The van der Waals surface area contributed by atoms with Gasteiger partial charge in [0, 0.05) is 44.6 Å². The van der Waals surface area contributed by atoms with Gasteiger partial charge in [0.05, 0.1) is 12.2 Å². The summed E-state index contributed by atoms with van der Waals surface area (Å²) in [6, 6.07) is 22.0. The number of piperidine rings is 1. The van der Waals surface area contributed by atoms with Crippen molar-refractivity contribution in [3.8, 4) is 5.75 Å². The van der Waals surface area contributed by atoms with E-state index in [1.54, 1.807) is 16.8 Å². The molecule has 0 aromatic heterocycles. The summed E-state index contributed by atoms with van der Waals surface area (Å²) in [6.45, 7) is 1.37. The van der Waals surface area contributed by atoms with Gasteiger partial charge in [-0.1, -0.05) is 48.5 Å². The van der Waals surface area contributed by atoms with E-state index in [-0.39, 0.29) is 31.0 Å². The van der Waals surface area contributed by atoms with Gasteiger partial charge in [0.1, 0.15) is 17.4 Å². The predicted molar refractivity (Wildman–Crippen MR) is 133 cm³/mol. The lowest BCUT2D eigenvalue weighted by Crippen LogP contribution is -2.50. The molecule has 1 aliphatic rings. The van der Waals surface area contributed by atoms with Gasteiger partial charge in [-0.05, 0) is 42.7 Å². The van der Waals surface area contributed by atoms with E-state index >= 15 is 0 Å². The van der Waals surface area contributed by atoms with Gasteiger partial charge < -0.3 is 14.5 Å². The molecule has 1 heterocycles. The first-order valence-electron chi connectivity index (χ1n) is 12.1. The second-order valence-corrected chi connectivity index (χ2v) is 9.47. The summed E-state index contributed by atoms with van der Waals surface area (Å²) in [5, 5.41) is 0. The fraction of sp³-hybridized carbons (Fsp3) is 0.310. The van der Waals surface area contributed by atoms with Crippen molar-refractivity contribution in [3.63, 3.8) is 0 Å². The summed E-state index contributed by atoms with van der Waals surface area (Å²) in [4.78, 5) is 29.8. The third-order valence-corrected chi connectivity index (χ3v) is 6.61. The molecular formula is C29H30F2N2O3. The summed E-state index contributed by atoms with van der Waals surface area (Å²) < 4.78 is 33.8. The van der Waals surface area contributed by atoms with Crippen LogP contribution in [0.2, 0.25) is 0 Å². The second-order valence-electron chi connectivity index (χ2n) is 9.47. The van der Waals surface area contributed by atoms with Crippen LogP contribution in [-0.2, 0) is 11.3 Å². The van der Waals surface area contributed by atoms with Gasteiger partial charge in [-0.3, -0.25) is 9.59 Å². The van der Waals surface area contributed by atoms with E-state index in [0.29, 0.717) is 37.7 Å². The molecule has 0 bridgehead atoms. The van der Waals surface area contributed by atoms with Crippen LogP contribution in [-0.4, -0.2) is 48.4 Å². The van der Waals surface area contributed by atoms with Crippen molar-refractivity contribution in [2.75, 3.05) is 26.7 Å². The summed E-state index contributed by atoms with van der Waals surface area (Å²) in [7, 11) is 1.76. The maximum absolute atomic E-state index is 14.4. The molecule has 1 saturated heterocycles. The van der Waals surface area contributed by atoms with Crippen molar-refractivity contribution in [2.24, 2.45) is 5.41 Å². The quantitative estimate of drug-likeness (QED) is 0.428. The Morgan fingerprint density at radius 1 is 1.00 bits per heavy atom. The standard InChI is InChI=1S/C29H30F2N2O3/c1-32(19-22-9-4-2-5-10-22)27(34)18-29(21-36-24-11-6-3-7-12-24)15-8-16-33(20-29)28(35)25-14-13-23(30)17-26(25)31/h2-7,9-14,17H,8,15-16,18-21H2,1H3/t29-/m0/s1. The third-order valence-electron chi connectivity index (χ3n) is 6.61. The number of carbonyl (C=O) groups is 2. The van der Waals surface area contributed by atoms with E-state index in [2.05, 4.69) is 0 Å². The highest BCUT2D eigenvalue weighted by Crippen LogP contribution is 2.36. The molecule has 36 heavy (non-hydrogen) atoms. The molecule has 0 unspecified atom stereocenters. The molecule has 3 aromatic rings. The summed E-state index contributed by atoms with van der Waals surface area (Å²) in [5.74, 6) is -1.52. The predicted octanol–water partition coefficient (Wildman–Crippen LogP) is 5.31. The average molecular weight is 493 g/mol. The molecule has 0 saturated carbocycles. The van der Waals surface area contributed by atoms with Crippen molar-refractivity contribution < 1.29 is 23.1 Å². The van der Waals surface area contributed by atoms with E-state index in [1.165, 1.54) is 6.07 Å². The molecular weight excluding hydrogens is 462 g/mol. The van der Waals surface area contributed by atoms with Gasteiger partial charge in [-0.25, -0.2) is 8.78 Å². The molecule has 4 rings (SSSR count). The molecule has 1 aliphatic heterocycles. The SMILES string of the molecule is CN(Cc1ccccc1)C(=O)C[C@@]1(COc2ccccc2)CCCN(C(=O)c2ccc(F)cc2F)C1. The Labute approximate surface area is 210 Å². The van der Waals surface area contributed by atoms with Crippen LogP contribution >= 0.6 is 0 Å². The molecule has 1 fully saturated rings. The number of para-hydroxylation sites is 1. The van der Waals surface area contributed by atoms with Crippen LogP contribution in [0.3, 0.4) is 0 Å². The molecule has 7 heteroatoms. The van der Waals surface area contributed by atoms with Crippen molar-refractivity contribution in [1.82, 2.24) is 9.80 Å². The minimum absolute atomic E-state index is 0.0576. The zero-order valence-corrected chi connectivity index (χ0v) is 20.3. The number of hydrogen-bond donors (Lipinski definition) is 0. The Morgan fingerprint density at radius 2 is 1.69 bits per heavy atom. The van der Waals surface area contributed by atoms with E-state index in [0.717, 1.165) is 11.6 Å². The van der Waals surface area contributed by atoms with E-state index in [1.807, 2.05) is 60.7 Å². The third kappa shape index (κ3) is 6.27. The molecule has 0 aliphatic carbocycles. The highest BCUT2D eigenvalue weighted by molar-refractivity contribution is 5.94. The van der Waals surface area contributed by atoms with Gasteiger partial charge >= 0.3 is 0 Å². The Morgan fingerprint density at radius 3 is 2.39 bits per heavy atom. The maximum atomic E-state index is 14.4. The molecule has 1 atom stereocenters. The zero-order valence-electron chi connectivity index (χ0n) is 20.3. The number of nitrogens with zero attached hydrogens (tertiary/aromatic N) is 2. The normalized spacial score (nSPS) is 17.5. The topological polar surface area (TPSA) is 49.9 Å². The maximum Gasteiger partial charge on any atom is 0.256 e. The van der Waals surface area contributed by atoms with Crippen LogP contribution in [0.25, 0.3) is 0 Å². The minimum Gasteiger partial charge on any atom is -0.493 e. The van der Waals surface area contributed by atoms with Crippen LogP contribution in [0.1, 0.15) is 35.2 Å². The summed E-state index contributed by atoms with van der Waals surface area (Å²) >= 11 is 0. The Kier molecular flexibility index (Phi) is 7.98. The van der Waals surface area contributed by atoms with Crippen LogP contribution in [0.5, 0.6) is 5.75 Å². The number of carbonyl (C=O) groups excluding carboxylic acids is 2. The average Bonchev–Trinajstić information content (AvgIpc) is 2.88. The lowest BCUT2D eigenvalue weighted by molar-refractivity contribution is -0.134. The van der Waals surface area contributed by atoms with Gasteiger partial charge in [0.2, 0.25) is 5.91 Å². The van der Waals surface area contributed by atoms with Crippen LogP contribution in [0, 0.1) is 17.0 Å². The monoisotopic (exact) mass is 492 g/mol. The van der Waals surface area contributed by atoms with E-state index < -0.39 is 23.0 Å². The number of amides is 2. The highest BCUT2D eigenvalue weighted by atomic mass is 19.1. The fourth-order valence-electron chi connectivity index (χ4n) is 4.68. The van der Waals surface area contributed by atoms with Gasteiger partial charge in [-0.15, -0.1) is 0 Å². The van der Waals surface area contributed by atoms with Crippen LogP contribution < -0.4 is 4.74 Å². The Balaban J connectivity index is 1.53. The lowest BCUT2D eigenvalue weighted by atomic mass is 9.77. The Hall–Kier alpha value is -3.74. The Bertz CT molecular complexity index is 1190.